The molecule has 80 valence electrons. The number of benzene rings is 1. The van der Waals surface area contributed by atoms with E-state index in [0.717, 1.165) is 0 Å². The Bertz CT molecular complexity index is 392. The number of aliphatic hydroxyl groups is 1. The quantitative estimate of drug-likeness (QED) is 0.839. The Morgan fingerprint density at radius 3 is 2.87 bits per heavy atom. The molecule has 0 saturated carbocycles. The van der Waals surface area contributed by atoms with E-state index in [0.29, 0.717) is 16.6 Å². The molecule has 0 amide bonds. The van der Waals surface area contributed by atoms with Gasteiger partial charge in [-0.3, -0.25) is 0 Å². The number of aliphatic hydroxyl groups excluding tert-OH is 1. The lowest BCUT2D eigenvalue weighted by Gasteiger charge is -2.13. The Morgan fingerprint density at radius 2 is 2.20 bits per heavy atom. The Morgan fingerprint density at radius 1 is 1.40 bits per heavy atom. The minimum absolute atomic E-state index is 0.182. The lowest BCUT2D eigenvalue weighted by atomic mass is 10.2. The van der Waals surface area contributed by atoms with E-state index in [-0.39, 0.29) is 11.9 Å². The zero-order valence-electron chi connectivity index (χ0n) is 7.86. The van der Waals surface area contributed by atoms with Gasteiger partial charge in [0, 0.05) is 12.5 Å². The highest BCUT2D eigenvalue weighted by Gasteiger charge is 2.18. The van der Waals surface area contributed by atoms with Crippen molar-refractivity contribution in [2.24, 2.45) is 0 Å². The SMILES string of the molecule is O[C@H]1C=C[C@@H](Oc2cc(F)ccc2Br)C1. The first-order valence-corrected chi connectivity index (χ1v) is 5.42. The third kappa shape index (κ3) is 2.58. The summed E-state index contributed by atoms with van der Waals surface area (Å²) in [6.45, 7) is 0. The highest BCUT2D eigenvalue weighted by atomic mass is 79.9. The minimum Gasteiger partial charge on any atom is -0.485 e. The van der Waals surface area contributed by atoms with Gasteiger partial charge in [0.25, 0.3) is 0 Å². The molecule has 0 radical (unpaired) electrons. The number of rotatable bonds is 2. The maximum absolute atomic E-state index is 12.9. The maximum Gasteiger partial charge on any atom is 0.137 e. The van der Waals surface area contributed by atoms with Crippen LogP contribution in [0.3, 0.4) is 0 Å². The second-order valence-electron chi connectivity index (χ2n) is 3.42. The third-order valence-corrected chi connectivity index (χ3v) is 2.85. The van der Waals surface area contributed by atoms with Crippen LogP contribution in [0.5, 0.6) is 5.75 Å². The van der Waals surface area contributed by atoms with Crippen LogP contribution in [0.1, 0.15) is 6.42 Å². The number of halogens is 2. The van der Waals surface area contributed by atoms with Crippen molar-refractivity contribution in [1.82, 2.24) is 0 Å². The fraction of sp³-hybridized carbons (Fsp3) is 0.273. The standard InChI is InChI=1S/C11H10BrFO2/c12-10-4-1-7(13)5-11(10)15-9-3-2-8(14)6-9/h1-5,8-9,14H,6H2/t8-,9+/m0/s1. The lowest BCUT2D eigenvalue weighted by molar-refractivity contribution is 0.164. The van der Waals surface area contributed by atoms with Gasteiger partial charge in [0.05, 0.1) is 10.6 Å². The van der Waals surface area contributed by atoms with Crippen molar-refractivity contribution in [1.29, 1.82) is 0 Å². The third-order valence-electron chi connectivity index (χ3n) is 2.19. The fourth-order valence-corrected chi connectivity index (χ4v) is 1.81. The van der Waals surface area contributed by atoms with Crippen molar-refractivity contribution in [3.8, 4) is 5.75 Å². The monoisotopic (exact) mass is 272 g/mol. The van der Waals surface area contributed by atoms with Crippen LogP contribution in [0.15, 0.2) is 34.8 Å². The summed E-state index contributed by atoms with van der Waals surface area (Å²) >= 11 is 3.27. The molecular formula is C11H10BrFO2. The highest BCUT2D eigenvalue weighted by Crippen LogP contribution is 2.28. The zero-order valence-corrected chi connectivity index (χ0v) is 9.45. The number of hydrogen-bond acceptors (Lipinski definition) is 2. The van der Waals surface area contributed by atoms with Gasteiger partial charge in [-0.25, -0.2) is 4.39 Å². The van der Waals surface area contributed by atoms with E-state index in [1.54, 1.807) is 18.2 Å². The smallest absolute Gasteiger partial charge is 0.137 e. The summed E-state index contributed by atoms with van der Waals surface area (Å²) < 4.78 is 19.2. The van der Waals surface area contributed by atoms with E-state index in [1.807, 2.05) is 0 Å². The van der Waals surface area contributed by atoms with E-state index in [2.05, 4.69) is 15.9 Å². The second-order valence-corrected chi connectivity index (χ2v) is 4.27. The summed E-state index contributed by atoms with van der Waals surface area (Å²) in [6.07, 6.45) is 3.34. The van der Waals surface area contributed by atoms with Crippen LogP contribution in [0.25, 0.3) is 0 Å². The summed E-state index contributed by atoms with van der Waals surface area (Å²) in [5.74, 6) is 0.120. The Labute approximate surface area is 95.5 Å². The van der Waals surface area contributed by atoms with Crippen LogP contribution in [-0.4, -0.2) is 17.3 Å². The minimum atomic E-state index is -0.456. The van der Waals surface area contributed by atoms with Crippen LogP contribution in [0, 0.1) is 5.82 Å². The van der Waals surface area contributed by atoms with E-state index < -0.39 is 6.10 Å². The molecule has 0 heterocycles. The van der Waals surface area contributed by atoms with Crippen LogP contribution < -0.4 is 4.74 Å². The van der Waals surface area contributed by atoms with Crippen molar-refractivity contribution < 1.29 is 14.2 Å². The van der Waals surface area contributed by atoms with Crippen molar-refractivity contribution in [2.45, 2.75) is 18.6 Å². The molecule has 0 unspecified atom stereocenters. The predicted molar refractivity (Wildman–Crippen MR) is 58.3 cm³/mol. The average molecular weight is 273 g/mol. The first-order valence-electron chi connectivity index (χ1n) is 4.63. The molecule has 15 heavy (non-hydrogen) atoms. The Kier molecular flexibility index (Phi) is 3.07. The molecule has 2 rings (SSSR count). The van der Waals surface area contributed by atoms with Crippen molar-refractivity contribution >= 4 is 15.9 Å². The average Bonchev–Trinajstić information content (AvgIpc) is 2.58. The normalized spacial score (nSPS) is 24.5. The van der Waals surface area contributed by atoms with Gasteiger partial charge in [-0.2, -0.15) is 0 Å². The van der Waals surface area contributed by atoms with Crippen LogP contribution in [0.4, 0.5) is 4.39 Å². The summed E-state index contributed by atoms with van der Waals surface area (Å²) in [5.41, 5.74) is 0. The van der Waals surface area contributed by atoms with Gasteiger partial charge in [-0.15, -0.1) is 0 Å². The molecule has 2 nitrogen and oxygen atoms in total. The van der Waals surface area contributed by atoms with Gasteiger partial charge in [0.2, 0.25) is 0 Å². The molecule has 0 fully saturated rings. The van der Waals surface area contributed by atoms with E-state index >= 15 is 0 Å². The lowest BCUT2D eigenvalue weighted by Crippen LogP contribution is -2.14. The van der Waals surface area contributed by atoms with Crippen molar-refractivity contribution in [2.75, 3.05) is 0 Å². The molecule has 1 aromatic rings. The molecule has 0 aliphatic heterocycles. The highest BCUT2D eigenvalue weighted by molar-refractivity contribution is 9.10. The molecule has 0 aromatic heterocycles. The van der Waals surface area contributed by atoms with Crippen molar-refractivity contribution in [3.05, 3.63) is 40.6 Å². The molecule has 1 N–H and O–H groups in total. The maximum atomic E-state index is 12.9. The van der Waals surface area contributed by atoms with Crippen LogP contribution in [0.2, 0.25) is 0 Å². The second kappa shape index (κ2) is 4.33. The predicted octanol–water partition coefficient (Wildman–Crippen LogP) is 2.66. The first kappa shape index (κ1) is 10.6. The summed E-state index contributed by atoms with van der Waals surface area (Å²) in [4.78, 5) is 0. The van der Waals surface area contributed by atoms with Crippen LogP contribution in [-0.2, 0) is 0 Å². The molecule has 0 spiro atoms. The Hall–Kier alpha value is -0.870. The molecule has 0 saturated heterocycles. The van der Waals surface area contributed by atoms with Crippen LogP contribution >= 0.6 is 15.9 Å². The van der Waals surface area contributed by atoms with E-state index in [4.69, 9.17) is 4.74 Å². The molecule has 1 aliphatic carbocycles. The summed E-state index contributed by atoms with van der Waals surface area (Å²) in [6, 6.07) is 4.28. The van der Waals surface area contributed by atoms with E-state index in [1.165, 1.54) is 12.1 Å². The first-order chi connectivity index (χ1) is 7.15. The van der Waals surface area contributed by atoms with Crippen molar-refractivity contribution in [3.63, 3.8) is 0 Å². The summed E-state index contributed by atoms with van der Waals surface area (Å²) in [5, 5.41) is 9.25. The number of hydrogen-bond donors (Lipinski definition) is 1. The van der Waals surface area contributed by atoms with Gasteiger partial charge in [-0.05, 0) is 34.1 Å². The van der Waals surface area contributed by atoms with E-state index in [9.17, 15) is 9.50 Å². The summed E-state index contributed by atoms with van der Waals surface area (Å²) in [7, 11) is 0. The van der Waals surface area contributed by atoms with Gasteiger partial charge in [-0.1, -0.05) is 6.08 Å². The zero-order chi connectivity index (χ0) is 10.8. The Balaban J connectivity index is 2.11. The molecular weight excluding hydrogens is 263 g/mol. The van der Waals surface area contributed by atoms with Gasteiger partial charge in [0.1, 0.15) is 17.7 Å². The number of ether oxygens (including phenoxy) is 1. The molecule has 4 heteroatoms. The molecule has 2 atom stereocenters. The largest absolute Gasteiger partial charge is 0.485 e. The van der Waals surface area contributed by atoms with Gasteiger partial charge in [0.15, 0.2) is 0 Å². The molecule has 1 aliphatic rings. The fourth-order valence-electron chi connectivity index (χ4n) is 1.47. The molecule has 1 aromatic carbocycles. The topological polar surface area (TPSA) is 29.5 Å². The van der Waals surface area contributed by atoms with Gasteiger partial charge < -0.3 is 9.84 Å². The molecule has 0 bridgehead atoms. The van der Waals surface area contributed by atoms with Gasteiger partial charge >= 0.3 is 0 Å².